The van der Waals surface area contributed by atoms with Gasteiger partial charge in [0.05, 0.1) is 10.6 Å². The van der Waals surface area contributed by atoms with Gasteiger partial charge in [0.15, 0.2) is 0 Å². The molecule has 0 saturated carbocycles. The molecule has 4 rings (SSSR count). The van der Waals surface area contributed by atoms with Crippen molar-refractivity contribution < 1.29 is 18.0 Å². The molecule has 4 aromatic carbocycles. The van der Waals surface area contributed by atoms with Crippen LogP contribution in [0.4, 0.5) is 5.69 Å². The SMILES string of the molecule is Cc1ccc(N(CC(=O)N(Cc2ccc(Cl)cc2Cl)[C@@H](Cc2ccccc2)C(=O)NC(C)C)S(=O)(=O)c2ccc(Cl)cc2)cc1. The number of aryl methyl sites for hydroxylation is 1. The van der Waals surface area contributed by atoms with E-state index in [1.54, 1.807) is 42.5 Å². The zero-order valence-electron chi connectivity index (χ0n) is 25.1. The molecule has 0 aliphatic rings. The molecular formula is C34H34Cl3N3O4S. The molecule has 0 saturated heterocycles. The molecule has 0 fully saturated rings. The van der Waals surface area contributed by atoms with Crippen LogP contribution in [0.25, 0.3) is 0 Å². The maximum Gasteiger partial charge on any atom is 0.264 e. The molecule has 0 aromatic heterocycles. The number of nitrogens with zero attached hydrogens (tertiary/aromatic N) is 2. The Kier molecular flexibility index (Phi) is 11.6. The summed E-state index contributed by atoms with van der Waals surface area (Å²) in [6.45, 7) is 4.89. The fraction of sp³-hybridized carbons (Fsp3) is 0.235. The molecule has 0 aliphatic heterocycles. The van der Waals surface area contributed by atoms with Crippen molar-refractivity contribution in [3.8, 4) is 0 Å². The van der Waals surface area contributed by atoms with Gasteiger partial charge in [-0.3, -0.25) is 13.9 Å². The first-order chi connectivity index (χ1) is 21.3. The first-order valence-corrected chi connectivity index (χ1v) is 16.8. The Balaban J connectivity index is 1.82. The van der Waals surface area contributed by atoms with Crippen LogP contribution in [-0.2, 0) is 32.6 Å². The maximum absolute atomic E-state index is 14.5. The molecule has 4 aromatic rings. The van der Waals surface area contributed by atoms with E-state index in [0.717, 1.165) is 15.4 Å². The number of nitrogens with one attached hydrogen (secondary N) is 1. The summed E-state index contributed by atoms with van der Waals surface area (Å²) in [7, 11) is -4.24. The van der Waals surface area contributed by atoms with Gasteiger partial charge in [0.25, 0.3) is 10.0 Å². The molecule has 1 atom stereocenters. The first-order valence-electron chi connectivity index (χ1n) is 14.3. The van der Waals surface area contributed by atoms with Gasteiger partial charge < -0.3 is 10.2 Å². The number of hydrogen-bond donors (Lipinski definition) is 1. The third-order valence-electron chi connectivity index (χ3n) is 7.06. The second kappa shape index (κ2) is 15.1. The summed E-state index contributed by atoms with van der Waals surface area (Å²) in [5.74, 6) is -0.978. The van der Waals surface area contributed by atoms with Crippen LogP contribution in [0.15, 0.2) is 102 Å². The summed E-state index contributed by atoms with van der Waals surface area (Å²) >= 11 is 18.7. The molecule has 1 N–H and O–H groups in total. The van der Waals surface area contributed by atoms with Crippen molar-refractivity contribution in [2.75, 3.05) is 10.8 Å². The number of rotatable bonds is 12. The summed E-state index contributed by atoms with van der Waals surface area (Å²) in [5.41, 5.74) is 2.58. The Labute approximate surface area is 279 Å². The largest absolute Gasteiger partial charge is 0.352 e. The lowest BCUT2D eigenvalue weighted by Gasteiger charge is -2.34. The summed E-state index contributed by atoms with van der Waals surface area (Å²) < 4.78 is 29.2. The average molecular weight is 687 g/mol. The summed E-state index contributed by atoms with van der Waals surface area (Å²) in [4.78, 5) is 29.6. The zero-order valence-corrected chi connectivity index (χ0v) is 28.2. The minimum absolute atomic E-state index is 0.0362. The van der Waals surface area contributed by atoms with E-state index in [9.17, 15) is 18.0 Å². The van der Waals surface area contributed by atoms with Crippen LogP contribution < -0.4 is 9.62 Å². The normalized spacial score (nSPS) is 12.1. The quantitative estimate of drug-likeness (QED) is 0.169. The summed E-state index contributed by atoms with van der Waals surface area (Å²) in [5, 5.41) is 4.03. The lowest BCUT2D eigenvalue weighted by molar-refractivity contribution is -0.140. The van der Waals surface area contributed by atoms with E-state index in [1.165, 1.54) is 29.2 Å². The number of amides is 2. The monoisotopic (exact) mass is 685 g/mol. The van der Waals surface area contributed by atoms with Crippen LogP contribution in [0.3, 0.4) is 0 Å². The first kappa shape index (κ1) is 34.3. The second-order valence-corrected chi connectivity index (χ2v) is 14.1. The van der Waals surface area contributed by atoms with Crippen LogP contribution in [-0.4, -0.2) is 43.8 Å². The van der Waals surface area contributed by atoms with Gasteiger partial charge in [0, 0.05) is 34.1 Å². The van der Waals surface area contributed by atoms with E-state index in [4.69, 9.17) is 34.8 Å². The highest BCUT2D eigenvalue weighted by Gasteiger charge is 2.35. The zero-order chi connectivity index (χ0) is 32.7. The lowest BCUT2D eigenvalue weighted by atomic mass is 10.0. The number of sulfonamides is 1. The number of carbonyl (C=O) groups excluding carboxylic acids is 2. The number of carbonyl (C=O) groups is 2. The highest BCUT2D eigenvalue weighted by molar-refractivity contribution is 7.92. The Morgan fingerprint density at radius 3 is 2.04 bits per heavy atom. The van der Waals surface area contributed by atoms with Crippen LogP contribution in [0, 0.1) is 6.92 Å². The molecule has 11 heteroatoms. The molecule has 0 unspecified atom stereocenters. The van der Waals surface area contributed by atoms with Gasteiger partial charge in [-0.2, -0.15) is 0 Å². The minimum Gasteiger partial charge on any atom is -0.352 e. The Hall–Kier alpha value is -3.56. The molecule has 0 radical (unpaired) electrons. The standard InChI is InChI=1S/C34H34Cl3N3O4S/c1-23(2)38-34(42)32(19-25-7-5-4-6-8-25)39(21-26-11-12-28(36)20-31(26)37)33(41)22-40(29-15-9-24(3)10-16-29)45(43,44)30-17-13-27(35)14-18-30/h4-18,20,23,32H,19,21-22H2,1-3H3,(H,38,42)/t32-/m0/s1. The number of hydrogen-bond acceptors (Lipinski definition) is 4. The topological polar surface area (TPSA) is 86.8 Å². The Morgan fingerprint density at radius 2 is 1.44 bits per heavy atom. The molecule has 2 amide bonds. The van der Waals surface area contributed by atoms with Gasteiger partial charge in [-0.05, 0) is 80.4 Å². The second-order valence-electron chi connectivity index (χ2n) is 10.9. The van der Waals surface area contributed by atoms with Crippen LogP contribution in [0.5, 0.6) is 0 Å². The number of benzene rings is 4. The van der Waals surface area contributed by atoms with Crippen LogP contribution in [0.1, 0.15) is 30.5 Å². The van der Waals surface area contributed by atoms with Crippen molar-refractivity contribution in [1.29, 1.82) is 0 Å². The van der Waals surface area contributed by atoms with Gasteiger partial charge in [-0.15, -0.1) is 0 Å². The van der Waals surface area contributed by atoms with E-state index < -0.39 is 28.5 Å². The van der Waals surface area contributed by atoms with Crippen molar-refractivity contribution in [2.45, 2.75) is 50.7 Å². The molecule has 0 bridgehead atoms. The van der Waals surface area contributed by atoms with E-state index in [2.05, 4.69) is 5.32 Å². The van der Waals surface area contributed by atoms with Gasteiger partial charge in [-0.1, -0.05) is 88.9 Å². The fourth-order valence-corrected chi connectivity index (χ4v) is 6.75. The molecule has 7 nitrogen and oxygen atoms in total. The van der Waals surface area contributed by atoms with E-state index in [0.29, 0.717) is 26.3 Å². The van der Waals surface area contributed by atoms with Crippen LogP contribution in [0.2, 0.25) is 15.1 Å². The van der Waals surface area contributed by atoms with Crippen molar-refractivity contribution in [1.82, 2.24) is 10.2 Å². The van der Waals surface area contributed by atoms with E-state index in [1.807, 2.05) is 51.1 Å². The highest BCUT2D eigenvalue weighted by Crippen LogP contribution is 2.28. The maximum atomic E-state index is 14.5. The summed E-state index contributed by atoms with van der Waals surface area (Å²) in [6.07, 6.45) is 0.185. The van der Waals surface area contributed by atoms with E-state index in [-0.39, 0.29) is 29.8 Å². The molecule has 0 spiro atoms. The third-order valence-corrected chi connectivity index (χ3v) is 9.69. The van der Waals surface area contributed by atoms with Crippen molar-refractivity contribution in [2.24, 2.45) is 0 Å². The molecule has 0 aliphatic carbocycles. The van der Waals surface area contributed by atoms with Crippen molar-refractivity contribution in [3.63, 3.8) is 0 Å². The predicted molar refractivity (Wildman–Crippen MR) is 181 cm³/mol. The Bertz CT molecular complexity index is 1730. The van der Waals surface area contributed by atoms with Gasteiger partial charge in [0.2, 0.25) is 11.8 Å². The van der Waals surface area contributed by atoms with Crippen LogP contribution >= 0.6 is 34.8 Å². The fourth-order valence-electron chi connectivity index (χ4n) is 4.74. The number of anilines is 1. The molecular weight excluding hydrogens is 653 g/mol. The molecule has 45 heavy (non-hydrogen) atoms. The van der Waals surface area contributed by atoms with Crippen molar-refractivity contribution in [3.05, 3.63) is 129 Å². The number of halogens is 3. The summed E-state index contributed by atoms with van der Waals surface area (Å²) in [6, 6.07) is 25.6. The third kappa shape index (κ3) is 9.01. The van der Waals surface area contributed by atoms with E-state index >= 15 is 0 Å². The average Bonchev–Trinajstić information content (AvgIpc) is 2.99. The minimum atomic E-state index is -4.24. The smallest absolute Gasteiger partial charge is 0.264 e. The molecule has 236 valence electrons. The van der Waals surface area contributed by atoms with Gasteiger partial charge in [-0.25, -0.2) is 8.42 Å². The predicted octanol–water partition coefficient (Wildman–Crippen LogP) is 7.32. The lowest BCUT2D eigenvalue weighted by Crippen LogP contribution is -2.54. The Morgan fingerprint density at radius 1 is 0.822 bits per heavy atom. The van der Waals surface area contributed by atoms with Crippen molar-refractivity contribution >= 4 is 62.3 Å². The molecule has 0 heterocycles. The highest BCUT2D eigenvalue weighted by atomic mass is 35.5. The van der Waals surface area contributed by atoms with Gasteiger partial charge >= 0.3 is 0 Å². The van der Waals surface area contributed by atoms with Gasteiger partial charge in [0.1, 0.15) is 12.6 Å².